The van der Waals surface area contributed by atoms with Crippen molar-refractivity contribution in [3.05, 3.63) is 12.5 Å². The Kier molecular flexibility index (Phi) is 5.10. The maximum atomic E-state index is 11.9. The molecule has 1 aromatic heterocycles. The lowest BCUT2D eigenvalue weighted by molar-refractivity contribution is 0.536. The molecular formula is C10H20N4O2S. The molecule has 6 nitrogen and oxygen atoms in total. The molecule has 0 radical (unpaired) electrons. The van der Waals surface area contributed by atoms with E-state index >= 15 is 0 Å². The molecule has 0 bridgehead atoms. The molecule has 0 saturated carbocycles. The maximum Gasteiger partial charge on any atom is 0.259 e. The molecule has 1 heterocycles. The number of rotatable bonds is 7. The van der Waals surface area contributed by atoms with E-state index in [1.165, 1.54) is 12.5 Å². The predicted molar refractivity (Wildman–Crippen MR) is 66.0 cm³/mol. The third-order valence-electron chi connectivity index (χ3n) is 2.45. The van der Waals surface area contributed by atoms with Gasteiger partial charge in [-0.3, -0.25) is 0 Å². The minimum atomic E-state index is -3.50. The van der Waals surface area contributed by atoms with Crippen molar-refractivity contribution < 1.29 is 8.42 Å². The van der Waals surface area contributed by atoms with E-state index in [1.54, 1.807) is 4.57 Å². The van der Waals surface area contributed by atoms with Gasteiger partial charge in [-0.15, -0.1) is 0 Å². The quantitative estimate of drug-likeness (QED) is 0.738. The fraction of sp³-hybridized carbons (Fsp3) is 0.700. The average molecular weight is 260 g/mol. The molecule has 0 saturated heterocycles. The molecule has 3 N–H and O–H groups in total. The monoisotopic (exact) mass is 260 g/mol. The summed E-state index contributed by atoms with van der Waals surface area (Å²) in [4.78, 5) is 3.88. The number of hydrogen-bond donors (Lipinski definition) is 2. The van der Waals surface area contributed by atoms with Gasteiger partial charge in [0.25, 0.3) is 10.0 Å². The van der Waals surface area contributed by atoms with Crippen LogP contribution in [-0.4, -0.2) is 30.6 Å². The topological polar surface area (TPSA) is 90.0 Å². The summed E-state index contributed by atoms with van der Waals surface area (Å²) >= 11 is 0. The Bertz CT molecular complexity index is 441. The van der Waals surface area contributed by atoms with Gasteiger partial charge in [0.2, 0.25) is 0 Å². The van der Waals surface area contributed by atoms with E-state index in [9.17, 15) is 8.42 Å². The number of aromatic nitrogens is 2. The van der Waals surface area contributed by atoms with Crippen molar-refractivity contribution in [1.29, 1.82) is 0 Å². The number of hydrogen-bond acceptors (Lipinski definition) is 4. The van der Waals surface area contributed by atoms with Crippen molar-refractivity contribution in [3.8, 4) is 0 Å². The van der Waals surface area contributed by atoms with E-state index in [1.807, 2.05) is 13.8 Å². The first-order valence-corrected chi connectivity index (χ1v) is 7.22. The molecule has 1 atom stereocenters. The van der Waals surface area contributed by atoms with Crippen LogP contribution in [-0.2, 0) is 16.6 Å². The summed E-state index contributed by atoms with van der Waals surface area (Å²) in [5.74, 6) is 0. The molecule has 0 aliphatic heterocycles. The Hall–Kier alpha value is -0.920. The first kappa shape index (κ1) is 14.1. The largest absolute Gasteiger partial charge is 0.336 e. The SMILES string of the molecule is CCn1cnc(S(=O)(=O)NC(C)CCCN)c1. The third-order valence-corrected chi connectivity index (χ3v) is 3.92. The van der Waals surface area contributed by atoms with Gasteiger partial charge in [0.1, 0.15) is 0 Å². The first-order chi connectivity index (χ1) is 7.99. The van der Waals surface area contributed by atoms with Gasteiger partial charge in [-0.1, -0.05) is 0 Å². The highest BCUT2D eigenvalue weighted by atomic mass is 32.2. The lowest BCUT2D eigenvalue weighted by atomic mass is 10.2. The Balaban J connectivity index is 2.68. The van der Waals surface area contributed by atoms with E-state index in [0.29, 0.717) is 13.1 Å². The van der Waals surface area contributed by atoms with E-state index < -0.39 is 10.0 Å². The Morgan fingerprint density at radius 1 is 1.59 bits per heavy atom. The summed E-state index contributed by atoms with van der Waals surface area (Å²) in [6, 6.07) is -0.129. The molecule has 0 spiro atoms. The molecule has 0 aliphatic rings. The van der Waals surface area contributed by atoms with E-state index in [2.05, 4.69) is 9.71 Å². The van der Waals surface area contributed by atoms with Crippen LogP contribution in [0.25, 0.3) is 0 Å². The number of sulfonamides is 1. The van der Waals surface area contributed by atoms with Crippen LogP contribution in [0.15, 0.2) is 17.6 Å². The van der Waals surface area contributed by atoms with Crippen molar-refractivity contribution >= 4 is 10.0 Å². The molecule has 0 aromatic carbocycles. The van der Waals surface area contributed by atoms with Gasteiger partial charge < -0.3 is 10.3 Å². The smallest absolute Gasteiger partial charge is 0.259 e. The van der Waals surface area contributed by atoms with Gasteiger partial charge in [-0.05, 0) is 33.2 Å². The van der Waals surface area contributed by atoms with Crippen molar-refractivity contribution in [2.45, 2.75) is 44.3 Å². The Morgan fingerprint density at radius 3 is 2.82 bits per heavy atom. The summed E-state index contributed by atoms with van der Waals surface area (Å²) < 4.78 is 28.1. The number of nitrogens with one attached hydrogen (secondary N) is 1. The molecule has 98 valence electrons. The highest BCUT2D eigenvalue weighted by Gasteiger charge is 2.19. The highest BCUT2D eigenvalue weighted by molar-refractivity contribution is 7.89. The number of imidazole rings is 1. The minimum Gasteiger partial charge on any atom is -0.336 e. The van der Waals surface area contributed by atoms with Crippen LogP contribution < -0.4 is 10.5 Å². The van der Waals surface area contributed by atoms with Gasteiger partial charge in [0, 0.05) is 18.8 Å². The summed E-state index contributed by atoms with van der Waals surface area (Å²) in [6.45, 7) is 5.02. The fourth-order valence-corrected chi connectivity index (χ4v) is 2.69. The molecule has 17 heavy (non-hydrogen) atoms. The molecule has 0 aliphatic carbocycles. The third kappa shape index (κ3) is 4.10. The molecular weight excluding hydrogens is 240 g/mol. The molecule has 7 heteroatoms. The van der Waals surface area contributed by atoms with Gasteiger partial charge in [-0.2, -0.15) is 0 Å². The number of nitrogens with zero attached hydrogens (tertiary/aromatic N) is 2. The van der Waals surface area contributed by atoms with Gasteiger partial charge in [0.15, 0.2) is 5.03 Å². The van der Waals surface area contributed by atoms with Crippen molar-refractivity contribution in [1.82, 2.24) is 14.3 Å². The summed E-state index contributed by atoms with van der Waals surface area (Å²) in [7, 11) is -3.50. The van der Waals surface area contributed by atoms with Crippen LogP contribution >= 0.6 is 0 Å². The van der Waals surface area contributed by atoms with Gasteiger partial charge in [0.05, 0.1) is 6.33 Å². The Labute approximate surface area is 102 Å². The second-order valence-corrected chi connectivity index (χ2v) is 5.66. The molecule has 0 amide bonds. The van der Waals surface area contributed by atoms with Crippen LogP contribution in [0, 0.1) is 0 Å². The van der Waals surface area contributed by atoms with Crippen molar-refractivity contribution in [2.75, 3.05) is 6.54 Å². The van der Waals surface area contributed by atoms with Crippen LogP contribution in [0.2, 0.25) is 0 Å². The van der Waals surface area contributed by atoms with Crippen LogP contribution in [0.3, 0.4) is 0 Å². The number of aryl methyl sites for hydroxylation is 1. The minimum absolute atomic E-state index is 0.0685. The second-order valence-electron chi connectivity index (χ2n) is 4.00. The molecule has 1 rings (SSSR count). The van der Waals surface area contributed by atoms with Crippen LogP contribution in [0.1, 0.15) is 26.7 Å². The van der Waals surface area contributed by atoms with E-state index in [-0.39, 0.29) is 11.1 Å². The molecule has 0 fully saturated rings. The summed E-state index contributed by atoms with van der Waals surface area (Å²) in [5, 5.41) is 0.0685. The number of nitrogens with two attached hydrogens (primary N) is 1. The van der Waals surface area contributed by atoms with Crippen molar-refractivity contribution in [2.24, 2.45) is 5.73 Å². The summed E-state index contributed by atoms with van der Waals surface area (Å²) in [6.07, 6.45) is 4.56. The van der Waals surface area contributed by atoms with E-state index in [4.69, 9.17) is 5.73 Å². The van der Waals surface area contributed by atoms with Gasteiger partial charge in [-0.25, -0.2) is 18.1 Å². The second kappa shape index (κ2) is 6.13. The lowest BCUT2D eigenvalue weighted by Crippen LogP contribution is -2.33. The van der Waals surface area contributed by atoms with E-state index in [0.717, 1.165) is 12.8 Å². The predicted octanol–water partition coefficient (Wildman–Crippen LogP) is 0.309. The lowest BCUT2D eigenvalue weighted by Gasteiger charge is -2.12. The first-order valence-electron chi connectivity index (χ1n) is 5.73. The zero-order valence-corrected chi connectivity index (χ0v) is 11.1. The van der Waals surface area contributed by atoms with Crippen LogP contribution in [0.4, 0.5) is 0 Å². The Morgan fingerprint density at radius 2 is 2.29 bits per heavy atom. The van der Waals surface area contributed by atoms with Crippen LogP contribution in [0.5, 0.6) is 0 Å². The zero-order valence-electron chi connectivity index (χ0n) is 10.3. The highest BCUT2D eigenvalue weighted by Crippen LogP contribution is 2.07. The summed E-state index contributed by atoms with van der Waals surface area (Å²) in [5.41, 5.74) is 5.38. The molecule has 1 aromatic rings. The average Bonchev–Trinajstić information content (AvgIpc) is 2.75. The fourth-order valence-electron chi connectivity index (χ4n) is 1.46. The molecule has 1 unspecified atom stereocenters. The standard InChI is InChI=1S/C10H20N4O2S/c1-3-14-7-10(12-8-14)17(15,16)13-9(2)5-4-6-11/h7-9,13H,3-6,11H2,1-2H3. The maximum absolute atomic E-state index is 11.9. The normalized spacial score (nSPS) is 13.8. The van der Waals surface area contributed by atoms with Gasteiger partial charge >= 0.3 is 0 Å². The van der Waals surface area contributed by atoms with Crippen molar-refractivity contribution in [3.63, 3.8) is 0 Å². The zero-order chi connectivity index (χ0) is 12.9.